The zero-order valence-corrected chi connectivity index (χ0v) is 18.8. The van der Waals surface area contributed by atoms with E-state index in [2.05, 4.69) is 22.4 Å². The number of esters is 1. The summed E-state index contributed by atoms with van der Waals surface area (Å²) in [5, 5.41) is 3.65. The van der Waals surface area contributed by atoms with E-state index in [-0.39, 0.29) is 42.3 Å². The molecule has 4 heterocycles. The van der Waals surface area contributed by atoms with Crippen molar-refractivity contribution in [3.05, 3.63) is 30.1 Å². The molecule has 0 radical (unpaired) electrons. The van der Waals surface area contributed by atoms with Crippen LogP contribution in [0.4, 0.5) is 4.79 Å². The van der Waals surface area contributed by atoms with Gasteiger partial charge in [-0.3, -0.25) is 24.4 Å². The van der Waals surface area contributed by atoms with Crippen molar-refractivity contribution in [1.29, 1.82) is 0 Å². The van der Waals surface area contributed by atoms with Gasteiger partial charge in [0, 0.05) is 51.2 Å². The number of hydrogen-bond acceptors (Lipinski definition) is 7. The predicted octanol–water partition coefficient (Wildman–Crippen LogP) is 1.42. The first-order valence-electron chi connectivity index (χ1n) is 11.6. The molecular formula is C23H33N5O4. The standard InChI is InChI=1S/C23H33N5O4/c1-2-32-20(30)5-12-26-15-16-28(19(29)17-26)22(31)27-13-7-23(8-14-27)6-11-25-21(23)18-3-9-24-10-4-18/h3-4,9-10,21,25H,2,5-8,11-17H2,1H3. The number of amides is 3. The number of likely N-dealkylation sites (tertiary alicyclic amines) is 1. The Morgan fingerprint density at radius 1 is 1.16 bits per heavy atom. The summed E-state index contributed by atoms with van der Waals surface area (Å²) in [4.78, 5) is 46.6. The Hall–Kier alpha value is -2.52. The van der Waals surface area contributed by atoms with Crippen LogP contribution in [0.2, 0.25) is 0 Å². The SMILES string of the molecule is CCOC(=O)CCN1CCN(C(=O)N2CCC3(CCNC3c3ccncc3)CC2)C(=O)C1. The Bertz CT molecular complexity index is 825. The molecule has 1 aromatic heterocycles. The molecule has 1 unspecified atom stereocenters. The predicted molar refractivity (Wildman–Crippen MR) is 118 cm³/mol. The first-order valence-corrected chi connectivity index (χ1v) is 11.6. The smallest absolute Gasteiger partial charge is 0.326 e. The number of piperazine rings is 1. The third-order valence-corrected chi connectivity index (χ3v) is 7.12. The number of nitrogens with one attached hydrogen (secondary N) is 1. The summed E-state index contributed by atoms with van der Waals surface area (Å²) in [6.07, 6.45) is 6.87. The third-order valence-electron chi connectivity index (χ3n) is 7.12. The van der Waals surface area contributed by atoms with Gasteiger partial charge in [-0.15, -0.1) is 0 Å². The third kappa shape index (κ3) is 4.78. The molecule has 32 heavy (non-hydrogen) atoms. The summed E-state index contributed by atoms with van der Waals surface area (Å²) in [5.41, 5.74) is 1.40. The minimum absolute atomic E-state index is 0.147. The van der Waals surface area contributed by atoms with Gasteiger partial charge in [0.25, 0.3) is 0 Å². The number of rotatable bonds is 5. The van der Waals surface area contributed by atoms with Crippen molar-refractivity contribution in [2.24, 2.45) is 5.41 Å². The number of urea groups is 1. The number of aromatic nitrogens is 1. The molecule has 0 aliphatic carbocycles. The summed E-state index contributed by atoms with van der Waals surface area (Å²) in [6.45, 7) is 6.03. The molecule has 1 aromatic rings. The van der Waals surface area contributed by atoms with Gasteiger partial charge in [0.15, 0.2) is 0 Å². The molecule has 0 bridgehead atoms. The van der Waals surface area contributed by atoms with E-state index in [0.717, 1.165) is 25.8 Å². The lowest BCUT2D eigenvalue weighted by Gasteiger charge is -2.44. The molecular weight excluding hydrogens is 410 g/mol. The van der Waals surface area contributed by atoms with Crippen LogP contribution in [0.3, 0.4) is 0 Å². The van der Waals surface area contributed by atoms with E-state index in [1.165, 1.54) is 10.5 Å². The number of imide groups is 1. The lowest BCUT2D eigenvalue weighted by atomic mass is 9.70. The van der Waals surface area contributed by atoms with Crippen molar-refractivity contribution in [3.63, 3.8) is 0 Å². The van der Waals surface area contributed by atoms with E-state index in [1.54, 1.807) is 6.92 Å². The van der Waals surface area contributed by atoms with Gasteiger partial charge >= 0.3 is 12.0 Å². The molecule has 3 aliphatic heterocycles. The average Bonchev–Trinajstić information content (AvgIpc) is 3.21. The number of pyridine rings is 1. The summed E-state index contributed by atoms with van der Waals surface area (Å²) in [6, 6.07) is 4.25. The highest BCUT2D eigenvalue weighted by Gasteiger charge is 2.46. The summed E-state index contributed by atoms with van der Waals surface area (Å²) in [5.74, 6) is -0.449. The summed E-state index contributed by atoms with van der Waals surface area (Å²) >= 11 is 0. The van der Waals surface area contributed by atoms with Crippen LogP contribution in [-0.2, 0) is 14.3 Å². The van der Waals surface area contributed by atoms with Crippen molar-refractivity contribution in [2.45, 2.75) is 38.6 Å². The number of carbonyl (C=O) groups excluding carboxylic acids is 3. The van der Waals surface area contributed by atoms with Gasteiger partial charge in [-0.05, 0) is 55.8 Å². The van der Waals surface area contributed by atoms with Crippen LogP contribution in [0.15, 0.2) is 24.5 Å². The molecule has 1 N–H and O–H groups in total. The zero-order chi connectivity index (χ0) is 22.6. The Labute approximate surface area is 189 Å². The summed E-state index contributed by atoms with van der Waals surface area (Å²) in [7, 11) is 0. The topological polar surface area (TPSA) is 95.1 Å². The van der Waals surface area contributed by atoms with Gasteiger partial charge in [0.05, 0.1) is 19.6 Å². The lowest BCUT2D eigenvalue weighted by Crippen LogP contribution is -2.57. The molecule has 3 amide bonds. The number of hydrogen-bond donors (Lipinski definition) is 1. The Kier molecular flexibility index (Phi) is 7.05. The van der Waals surface area contributed by atoms with Gasteiger partial charge in [0.2, 0.25) is 5.91 Å². The van der Waals surface area contributed by atoms with E-state index < -0.39 is 0 Å². The maximum atomic E-state index is 13.1. The fourth-order valence-electron chi connectivity index (χ4n) is 5.30. The molecule has 3 aliphatic rings. The van der Waals surface area contributed by atoms with Gasteiger partial charge in [-0.1, -0.05) is 0 Å². The second kappa shape index (κ2) is 9.95. The minimum Gasteiger partial charge on any atom is -0.466 e. The van der Waals surface area contributed by atoms with Crippen LogP contribution in [-0.4, -0.2) is 90.0 Å². The molecule has 0 aromatic carbocycles. The minimum atomic E-state index is -0.257. The first-order chi connectivity index (χ1) is 15.5. The van der Waals surface area contributed by atoms with Gasteiger partial charge < -0.3 is 15.0 Å². The highest BCUT2D eigenvalue weighted by molar-refractivity contribution is 5.96. The van der Waals surface area contributed by atoms with Crippen LogP contribution in [0.5, 0.6) is 0 Å². The molecule has 3 saturated heterocycles. The highest BCUT2D eigenvalue weighted by Crippen LogP contribution is 2.48. The lowest BCUT2D eigenvalue weighted by molar-refractivity contribution is -0.144. The second-order valence-electron chi connectivity index (χ2n) is 8.93. The molecule has 1 atom stereocenters. The van der Waals surface area contributed by atoms with Crippen molar-refractivity contribution < 1.29 is 19.1 Å². The normalized spacial score (nSPS) is 23.5. The van der Waals surface area contributed by atoms with Crippen molar-refractivity contribution in [1.82, 2.24) is 25.0 Å². The fourth-order valence-corrected chi connectivity index (χ4v) is 5.30. The zero-order valence-electron chi connectivity index (χ0n) is 18.8. The van der Waals surface area contributed by atoms with E-state index in [1.807, 2.05) is 22.2 Å². The quantitative estimate of drug-likeness (QED) is 0.688. The van der Waals surface area contributed by atoms with Crippen LogP contribution < -0.4 is 5.32 Å². The number of carbonyl (C=O) groups is 3. The Morgan fingerprint density at radius 2 is 1.91 bits per heavy atom. The molecule has 9 heteroatoms. The fraction of sp³-hybridized carbons (Fsp3) is 0.652. The van der Waals surface area contributed by atoms with Gasteiger partial charge in [-0.2, -0.15) is 0 Å². The van der Waals surface area contributed by atoms with Crippen molar-refractivity contribution in [3.8, 4) is 0 Å². The van der Waals surface area contributed by atoms with Crippen molar-refractivity contribution >= 4 is 17.9 Å². The van der Waals surface area contributed by atoms with Crippen LogP contribution in [0.25, 0.3) is 0 Å². The largest absolute Gasteiger partial charge is 0.466 e. The van der Waals surface area contributed by atoms with E-state index in [9.17, 15) is 14.4 Å². The number of ether oxygens (including phenoxy) is 1. The average molecular weight is 444 g/mol. The van der Waals surface area contributed by atoms with Crippen molar-refractivity contribution in [2.75, 3.05) is 52.4 Å². The monoisotopic (exact) mass is 443 g/mol. The maximum absolute atomic E-state index is 13.1. The summed E-state index contributed by atoms with van der Waals surface area (Å²) < 4.78 is 4.94. The molecule has 9 nitrogen and oxygen atoms in total. The van der Waals surface area contributed by atoms with Gasteiger partial charge in [0.1, 0.15) is 0 Å². The van der Waals surface area contributed by atoms with Crippen LogP contribution in [0, 0.1) is 5.41 Å². The van der Waals surface area contributed by atoms with E-state index >= 15 is 0 Å². The Morgan fingerprint density at radius 3 is 2.59 bits per heavy atom. The molecule has 4 rings (SSSR count). The molecule has 1 spiro atoms. The van der Waals surface area contributed by atoms with Gasteiger partial charge in [-0.25, -0.2) is 4.79 Å². The molecule has 3 fully saturated rings. The Balaban J connectivity index is 1.29. The highest BCUT2D eigenvalue weighted by atomic mass is 16.5. The van der Waals surface area contributed by atoms with Crippen LogP contribution >= 0.6 is 0 Å². The van der Waals surface area contributed by atoms with E-state index in [0.29, 0.717) is 39.3 Å². The second-order valence-corrected chi connectivity index (χ2v) is 8.93. The maximum Gasteiger partial charge on any atom is 0.326 e. The molecule has 0 saturated carbocycles. The molecule has 174 valence electrons. The van der Waals surface area contributed by atoms with Crippen LogP contribution in [0.1, 0.15) is 44.2 Å². The van der Waals surface area contributed by atoms with E-state index in [4.69, 9.17) is 4.74 Å². The number of piperidine rings is 1. The first kappa shape index (κ1) is 22.7. The number of nitrogens with zero attached hydrogens (tertiary/aromatic N) is 4.